The Labute approximate surface area is 215 Å². The smallest absolute Gasteiger partial charge is 0.414 e. The number of hydrogen-bond acceptors (Lipinski definition) is 11. The number of benzene rings is 1. The molecule has 2 aromatic heterocycles. The van der Waals surface area contributed by atoms with Gasteiger partial charge in [0.25, 0.3) is 0 Å². The van der Waals surface area contributed by atoms with Gasteiger partial charge in [0.05, 0.1) is 25.0 Å². The van der Waals surface area contributed by atoms with E-state index in [9.17, 15) is 23.6 Å². The molecule has 4 rings (SSSR count). The summed E-state index contributed by atoms with van der Waals surface area (Å²) in [5.41, 5.74) is 0.856. The van der Waals surface area contributed by atoms with Crippen LogP contribution < -0.4 is 4.90 Å². The number of ether oxygens (including phenoxy) is 3. The first-order valence-corrected chi connectivity index (χ1v) is 11.5. The van der Waals surface area contributed by atoms with E-state index >= 15 is 0 Å². The van der Waals surface area contributed by atoms with Crippen molar-refractivity contribution in [1.29, 1.82) is 0 Å². The Morgan fingerprint density at radius 2 is 2.03 bits per heavy atom. The van der Waals surface area contributed by atoms with Crippen LogP contribution in [0.3, 0.4) is 0 Å². The molecule has 0 saturated carbocycles. The predicted molar refractivity (Wildman–Crippen MR) is 124 cm³/mol. The molecule has 0 radical (unpaired) electrons. The Bertz CT molecular complexity index is 1340. The van der Waals surface area contributed by atoms with Crippen molar-refractivity contribution in [2.75, 3.05) is 11.4 Å². The molecule has 1 fully saturated rings. The van der Waals surface area contributed by atoms with Crippen LogP contribution in [-0.2, 0) is 35.1 Å². The fourth-order valence-corrected chi connectivity index (χ4v) is 3.87. The second kappa shape index (κ2) is 11.1. The van der Waals surface area contributed by atoms with Gasteiger partial charge in [0, 0.05) is 20.3 Å². The van der Waals surface area contributed by atoms with Crippen molar-refractivity contribution in [2.24, 2.45) is 5.92 Å². The topological polar surface area (TPSA) is 161 Å². The zero-order valence-corrected chi connectivity index (χ0v) is 20.7. The van der Waals surface area contributed by atoms with Gasteiger partial charge in [-0.05, 0) is 25.1 Å². The number of rotatable bonds is 10. The molecule has 0 bridgehead atoms. The first-order valence-electron chi connectivity index (χ1n) is 11.5. The lowest BCUT2D eigenvalue weighted by Crippen LogP contribution is -2.33. The first kappa shape index (κ1) is 26.4. The molecule has 1 saturated heterocycles. The van der Waals surface area contributed by atoms with E-state index in [2.05, 4.69) is 20.4 Å². The highest BCUT2D eigenvalue weighted by Crippen LogP contribution is 2.28. The number of anilines is 1. The largest absolute Gasteiger partial charge is 0.444 e. The number of nitrogens with zero attached hydrogens (tertiary/aromatic N) is 7. The van der Waals surface area contributed by atoms with Crippen LogP contribution in [-0.4, -0.2) is 72.5 Å². The van der Waals surface area contributed by atoms with E-state index < -0.39 is 47.9 Å². The van der Waals surface area contributed by atoms with Crippen molar-refractivity contribution >= 4 is 29.5 Å². The molecule has 0 spiro atoms. The van der Waals surface area contributed by atoms with E-state index in [4.69, 9.17) is 14.2 Å². The van der Waals surface area contributed by atoms with Gasteiger partial charge in [0.2, 0.25) is 6.29 Å². The molecule has 1 amide bonds. The van der Waals surface area contributed by atoms with Gasteiger partial charge in [0.1, 0.15) is 41.8 Å². The zero-order chi connectivity index (χ0) is 27.4. The summed E-state index contributed by atoms with van der Waals surface area (Å²) in [5, 5.41) is 11.9. The van der Waals surface area contributed by atoms with Gasteiger partial charge in [-0.3, -0.25) is 19.3 Å². The van der Waals surface area contributed by atoms with Gasteiger partial charge in [0.15, 0.2) is 5.82 Å². The third-order valence-electron chi connectivity index (χ3n) is 5.58. The van der Waals surface area contributed by atoms with Gasteiger partial charge in [-0.1, -0.05) is 5.21 Å². The Morgan fingerprint density at radius 3 is 2.68 bits per heavy atom. The summed E-state index contributed by atoms with van der Waals surface area (Å²) in [4.78, 5) is 53.1. The number of hydrogen-bond donors (Lipinski definition) is 0. The van der Waals surface area contributed by atoms with Crippen LogP contribution in [0, 0.1) is 11.7 Å². The molecule has 0 N–H and O–H groups in total. The Balaban J connectivity index is 1.41. The Morgan fingerprint density at radius 1 is 1.24 bits per heavy atom. The Kier molecular flexibility index (Phi) is 7.74. The number of cyclic esters (lactones) is 1. The highest BCUT2D eigenvalue weighted by molar-refractivity contribution is 5.98. The number of carbonyl (C=O) groups is 4. The molecule has 1 aromatic carbocycles. The molecule has 1 aliphatic rings. The normalized spacial score (nSPS) is 16.6. The number of halogens is 1. The molecule has 200 valence electrons. The summed E-state index contributed by atoms with van der Waals surface area (Å²) in [7, 11) is 0. The lowest BCUT2D eigenvalue weighted by atomic mass is 9.97. The van der Waals surface area contributed by atoms with E-state index in [-0.39, 0.29) is 24.3 Å². The summed E-state index contributed by atoms with van der Waals surface area (Å²) >= 11 is 0. The van der Waals surface area contributed by atoms with Gasteiger partial charge < -0.3 is 14.2 Å². The molecule has 3 heterocycles. The van der Waals surface area contributed by atoms with Crippen molar-refractivity contribution < 1.29 is 37.8 Å². The fourth-order valence-electron chi connectivity index (χ4n) is 3.87. The van der Waals surface area contributed by atoms with Crippen molar-refractivity contribution in [2.45, 2.75) is 46.1 Å². The van der Waals surface area contributed by atoms with Gasteiger partial charge in [-0.2, -0.15) is 5.10 Å². The van der Waals surface area contributed by atoms with Crippen molar-refractivity contribution in [3.05, 3.63) is 48.6 Å². The highest BCUT2D eigenvalue weighted by Gasteiger charge is 2.38. The predicted octanol–water partition coefficient (Wildman–Crippen LogP) is 1.42. The number of amides is 1. The van der Waals surface area contributed by atoms with E-state index in [0.29, 0.717) is 12.2 Å². The molecule has 0 aliphatic carbocycles. The van der Waals surface area contributed by atoms with Gasteiger partial charge >= 0.3 is 18.0 Å². The third-order valence-corrected chi connectivity index (χ3v) is 5.58. The standard InChI is InChI=1S/C23H24FN7O7/c1-13(32)19(22(34)37-15(3)36-14(2)33)7-18-10-30(23(35)38-18)17-4-5-21(20(24)6-17)31-9-16(27-28-31)8-29-12-25-11-26-29/h4-6,9,11-12,15,18-19H,7-8,10H2,1-3H3/t15?,18-,19?/m0/s1. The Hall–Kier alpha value is -4.69. The lowest BCUT2D eigenvalue weighted by molar-refractivity contribution is -0.186. The number of carbonyl (C=O) groups excluding carboxylic acids is 4. The fraction of sp³-hybridized carbons (Fsp3) is 0.391. The summed E-state index contributed by atoms with van der Waals surface area (Å²) in [6, 6.07) is 4.10. The summed E-state index contributed by atoms with van der Waals surface area (Å²) < 4.78 is 32.9. The molecule has 15 heteroatoms. The first-order chi connectivity index (χ1) is 18.1. The minimum absolute atomic E-state index is 0.0282. The maximum Gasteiger partial charge on any atom is 0.414 e. The SMILES string of the molecule is CC(=O)OC(C)OC(=O)C(C[C@H]1CN(c2ccc(-n3cc(Cn4cncn4)nn3)c(F)c2)C(=O)O1)C(C)=O. The quantitative estimate of drug-likeness (QED) is 0.212. The minimum Gasteiger partial charge on any atom is -0.444 e. The van der Waals surface area contributed by atoms with Crippen LogP contribution in [0.4, 0.5) is 14.9 Å². The van der Waals surface area contributed by atoms with Gasteiger partial charge in [-0.15, -0.1) is 5.10 Å². The van der Waals surface area contributed by atoms with Crippen LogP contribution in [0.2, 0.25) is 0 Å². The monoisotopic (exact) mass is 529 g/mol. The van der Waals surface area contributed by atoms with Crippen LogP contribution >= 0.6 is 0 Å². The van der Waals surface area contributed by atoms with Gasteiger partial charge in [-0.25, -0.2) is 23.5 Å². The second-order valence-corrected chi connectivity index (χ2v) is 8.51. The zero-order valence-electron chi connectivity index (χ0n) is 20.7. The highest BCUT2D eigenvalue weighted by atomic mass is 19.1. The summed E-state index contributed by atoms with van der Waals surface area (Å²) in [6.07, 6.45) is 1.50. The lowest BCUT2D eigenvalue weighted by Gasteiger charge is -2.19. The number of Topliss-reactive ketones (excluding diaryl/α,β-unsaturated/α-hetero) is 1. The second-order valence-electron chi connectivity index (χ2n) is 8.51. The molecule has 38 heavy (non-hydrogen) atoms. The average Bonchev–Trinajstić information content (AvgIpc) is 3.59. The van der Waals surface area contributed by atoms with E-state index in [1.807, 2.05) is 0 Å². The minimum atomic E-state index is -1.25. The van der Waals surface area contributed by atoms with Crippen molar-refractivity contribution in [1.82, 2.24) is 29.8 Å². The van der Waals surface area contributed by atoms with E-state index in [1.165, 1.54) is 48.2 Å². The number of ketones is 1. The molecule has 3 aromatic rings. The molecule has 14 nitrogen and oxygen atoms in total. The maximum atomic E-state index is 15.0. The summed E-state index contributed by atoms with van der Waals surface area (Å²) in [5.74, 6) is -3.98. The average molecular weight is 529 g/mol. The van der Waals surface area contributed by atoms with Crippen molar-refractivity contribution in [3.63, 3.8) is 0 Å². The van der Waals surface area contributed by atoms with Crippen LogP contribution in [0.25, 0.3) is 5.69 Å². The van der Waals surface area contributed by atoms with E-state index in [0.717, 1.165) is 13.0 Å². The molecule has 2 unspecified atom stereocenters. The van der Waals surface area contributed by atoms with Crippen LogP contribution in [0.5, 0.6) is 0 Å². The van der Waals surface area contributed by atoms with Crippen LogP contribution in [0.1, 0.15) is 32.9 Å². The molecular weight excluding hydrogens is 505 g/mol. The van der Waals surface area contributed by atoms with E-state index in [1.54, 1.807) is 10.9 Å². The third kappa shape index (κ3) is 6.16. The summed E-state index contributed by atoms with van der Waals surface area (Å²) in [6.45, 7) is 3.96. The molecule has 3 atom stereocenters. The number of esters is 2. The molecular formula is C23H24FN7O7. The van der Waals surface area contributed by atoms with Crippen molar-refractivity contribution in [3.8, 4) is 5.69 Å². The maximum absolute atomic E-state index is 15.0. The van der Waals surface area contributed by atoms with Crippen LogP contribution in [0.15, 0.2) is 37.1 Å². The molecule has 1 aliphatic heterocycles. The number of aromatic nitrogens is 6.